The third-order valence-corrected chi connectivity index (χ3v) is 6.48. The monoisotopic (exact) mass is 471 g/mol. The fraction of sp³-hybridized carbons (Fsp3) is 0.444. The van der Waals surface area contributed by atoms with Gasteiger partial charge < -0.3 is 10.1 Å². The lowest BCUT2D eigenvalue weighted by molar-refractivity contribution is -0.128. The van der Waals surface area contributed by atoms with Crippen LogP contribution in [0.1, 0.15) is 51.3 Å². The fourth-order valence-corrected chi connectivity index (χ4v) is 4.99. The minimum Gasteiger partial charge on any atom is -0.444 e. The minimum atomic E-state index is -0.729. The Balaban J connectivity index is 1.42. The maximum atomic E-state index is 13.2. The predicted molar refractivity (Wildman–Crippen MR) is 129 cm³/mol. The smallest absolute Gasteiger partial charge is 0.411 e. The highest BCUT2D eigenvalue weighted by atomic mass is 16.6. The number of carbonyl (C=O) groups is 2. The molecular weight excluding hydrogens is 442 g/mol. The number of rotatable bonds is 5. The Labute approximate surface area is 205 Å². The van der Waals surface area contributed by atoms with Crippen molar-refractivity contribution in [2.75, 3.05) is 0 Å². The molecule has 2 aromatic rings. The van der Waals surface area contributed by atoms with Crippen LogP contribution in [0.5, 0.6) is 0 Å². The molecule has 4 atom stereocenters. The maximum Gasteiger partial charge on any atom is 0.411 e. The van der Waals surface area contributed by atoms with Crippen molar-refractivity contribution < 1.29 is 14.3 Å². The topological polar surface area (TPSA) is 119 Å². The highest BCUT2D eigenvalue weighted by Crippen LogP contribution is 2.43. The molecule has 0 radical (unpaired) electrons. The van der Waals surface area contributed by atoms with E-state index in [1.165, 1.54) is 0 Å². The Kier molecular flexibility index (Phi) is 6.75. The summed E-state index contributed by atoms with van der Waals surface area (Å²) in [6.45, 7) is 5.42. The van der Waals surface area contributed by atoms with Gasteiger partial charge in [0.25, 0.3) is 0 Å². The van der Waals surface area contributed by atoms with Crippen molar-refractivity contribution >= 4 is 12.0 Å². The number of carbonyl (C=O) groups excluding carboxylic acids is 2. The first kappa shape index (κ1) is 24.2. The van der Waals surface area contributed by atoms with Crippen molar-refractivity contribution in [3.05, 3.63) is 53.7 Å². The molecule has 1 aromatic heterocycles. The van der Waals surface area contributed by atoms with Crippen molar-refractivity contribution in [1.82, 2.24) is 15.2 Å². The first-order chi connectivity index (χ1) is 16.7. The van der Waals surface area contributed by atoms with E-state index in [1.54, 1.807) is 17.0 Å². The molecule has 2 amide bonds. The van der Waals surface area contributed by atoms with Gasteiger partial charge in [0.1, 0.15) is 29.4 Å². The Morgan fingerprint density at radius 3 is 2.57 bits per heavy atom. The van der Waals surface area contributed by atoms with Crippen molar-refractivity contribution in [3.8, 4) is 23.4 Å². The maximum absolute atomic E-state index is 13.2. The van der Waals surface area contributed by atoms with Crippen molar-refractivity contribution in [1.29, 1.82) is 10.5 Å². The summed E-state index contributed by atoms with van der Waals surface area (Å²) >= 11 is 0. The zero-order chi connectivity index (χ0) is 25.2. The van der Waals surface area contributed by atoms with E-state index < -0.39 is 23.8 Å². The first-order valence-corrected chi connectivity index (χ1v) is 11.9. The lowest BCUT2D eigenvalue weighted by Gasteiger charge is -2.35. The van der Waals surface area contributed by atoms with Gasteiger partial charge >= 0.3 is 6.09 Å². The predicted octanol–water partition coefficient (Wildman–Crippen LogP) is 3.96. The Morgan fingerprint density at radius 2 is 1.91 bits per heavy atom. The Bertz CT molecular complexity index is 1190. The van der Waals surface area contributed by atoms with Gasteiger partial charge in [-0.2, -0.15) is 10.5 Å². The van der Waals surface area contributed by atoms with Crippen LogP contribution >= 0.6 is 0 Å². The van der Waals surface area contributed by atoms with Gasteiger partial charge in [-0.1, -0.05) is 30.3 Å². The van der Waals surface area contributed by atoms with E-state index >= 15 is 0 Å². The van der Waals surface area contributed by atoms with Gasteiger partial charge in [0, 0.05) is 18.0 Å². The van der Waals surface area contributed by atoms with Crippen molar-refractivity contribution in [2.24, 2.45) is 5.92 Å². The van der Waals surface area contributed by atoms with Crippen LogP contribution in [0, 0.1) is 28.6 Å². The number of hydrogen-bond acceptors (Lipinski definition) is 6. The quantitative estimate of drug-likeness (QED) is 0.705. The van der Waals surface area contributed by atoms with E-state index in [9.17, 15) is 14.9 Å². The number of pyridine rings is 1. The highest BCUT2D eigenvalue weighted by molar-refractivity contribution is 5.87. The number of hydrogen-bond donors (Lipinski definition) is 1. The van der Waals surface area contributed by atoms with Crippen LogP contribution in [0.25, 0.3) is 11.3 Å². The highest BCUT2D eigenvalue weighted by Gasteiger charge is 2.52. The third kappa shape index (κ3) is 5.44. The molecule has 1 aromatic carbocycles. The number of nitrogens with one attached hydrogen (secondary N) is 1. The summed E-state index contributed by atoms with van der Waals surface area (Å²) in [7, 11) is 0. The average molecular weight is 472 g/mol. The van der Waals surface area contributed by atoms with E-state index in [-0.39, 0.29) is 17.9 Å². The van der Waals surface area contributed by atoms with Crippen molar-refractivity contribution in [2.45, 2.75) is 70.2 Å². The van der Waals surface area contributed by atoms with Gasteiger partial charge in [0.2, 0.25) is 5.91 Å². The summed E-state index contributed by atoms with van der Waals surface area (Å²) < 4.78 is 5.56. The summed E-state index contributed by atoms with van der Waals surface area (Å²) in [5.74, 6) is -0.216. The van der Waals surface area contributed by atoms with E-state index in [1.807, 2.05) is 57.2 Å². The molecule has 1 aliphatic carbocycles. The number of nitrogens with zero attached hydrogens (tertiary/aromatic N) is 4. The van der Waals surface area contributed by atoms with Gasteiger partial charge in [0.05, 0.1) is 11.8 Å². The van der Waals surface area contributed by atoms with Gasteiger partial charge in [-0.05, 0) is 63.6 Å². The fourth-order valence-electron chi connectivity index (χ4n) is 4.99. The summed E-state index contributed by atoms with van der Waals surface area (Å²) in [6.07, 6.45) is 2.41. The standard InChI is InChI=1S/C27H29N5O3/c1-27(2,3)35-26(34)32-22-12-11-19(14-22)24(32)25(33)31-21(16-29)13-17-7-9-18(10-8-17)23-6-4-5-20(15-28)30-23/h4-10,19,21-22,24H,11-14H2,1-3H3,(H,31,33)/t19-,21-,22+,24-/m0/s1. The number of nitriles is 2. The largest absolute Gasteiger partial charge is 0.444 e. The van der Waals surface area contributed by atoms with Gasteiger partial charge in [0.15, 0.2) is 0 Å². The lowest BCUT2D eigenvalue weighted by atomic mass is 9.97. The number of aromatic nitrogens is 1. The van der Waals surface area contributed by atoms with Gasteiger partial charge in [-0.25, -0.2) is 9.78 Å². The van der Waals surface area contributed by atoms with Crippen molar-refractivity contribution in [3.63, 3.8) is 0 Å². The first-order valence-electron chi connectivity index (χ1n) is 11.9. The molecular formula is C27H29N5O3. The third-order valence-electron chi connectivity index (χ3n) is 6.48. The molecule has 35 heavy (non-hydrogen) atoms. The zero-order valence-electron chi connectivity index (χ0n) is 20.2. The molecule has 8 heteroatoms. The SMILES string of the molecule is CC(C)(C)OC(=O)N1[C@@H]2CC[C@@H](C2)[C@H]1C(=O)N[C@H](C#N)Cc1ccc(-c2cccc(C#N)n2)cc1. The number of fused-ring (bicyclic) bond motifs is 2. The van der Waals surface area contributed by atoms with E-state index in [0.717, 1.165) is 30.4 Å². The molecule has 8 nitrogen and oxygen atoms in total. The molecule has 1 saturated heterocycles. The lowest BCUT2D eigenvalue weighted by Crippen LogP contribution is -2.55. The van der Waals surface area contributed by atoms with E-state index in [2.05, 4.69) is 16.4 Å². The molecule has 4 rings (SSSR count). The number of likely N-dealkylation sites (tertiary alicyclic amines) is 1. The second kappa shape index (κ2) is 9.76. The Hall–Kier alpha value is -3.91. The zero-order valence-corrected chi connectivity index (χ0v) is 20.2. The number of benzene rings is 1. The molecule has 1 N–H and O–H groups in total. The summed E-state index contributed by atoms with van der Waals surface area (Å²) in [5.41, 5.74) is 2.14. The summed E-state index contributed by atoms with van der Waals surface area (Å²) in [6, 6.07) is 15.7. The molecule has 1 aliphatic heterocycles. The summed E-state index contributed by atoms with van der Waals surface area (Å²) in [5, 5.41) is 21.6. The van der Waals surface area contributed by atoms with Gasteiger partial charge in [-0.3, -0.25) is 9.69 Å². The second-order valence-electron chi connectivity index (χ2n) is 10.2. The minimum absolute atomic E-state index is 0.00632. The number of piperidine rings is 1. The van der Waals surface area contributed by atoms with Crippen LogP contribution in [0.2, 0.25) is 0 Å². The molecule has 2 aliphatic rings. The van der Waals surface area contributed by atoms with Gasteiger partial charge in [-0.15, -0.1) is 0 Å². The van der Waals surface area contributed by atoms with Crippen LogP contribution in [0.3, 0.4) is 0 Å². The molecule has 0 spiro atoms. The number of amides is 2. The summed E-state index contributed by atoms with van der Waals surface area (Å²) in [4.78, 5) is 31.9. The second-order valence-corrected chi connectivity index (χ2v) is 10.2. The van der Waals surface area contributed by atoms with Crippen LogP contribution < -0.4 is 5.32 Å². The molecule has 2 fully saturated rings. The normalized spacial score (nSPS) is 21.6. The van der Waals surface area contributed by atoms with Crippen LogP contribution in [-0.2, 0) is 16.0 Å². The Morgan fingerprint density at radius 1 is 1.17 bits per heavy atom. The van der Waals surface area contributed by atoms with Crippen LogP contribution in [0.15, 0.2) is 42.5 Å². The van der Waals surface area contributed by atoms with Crippen LogP contribution in [-0.4, -0.2) is 45.6 Å². The molecule has 2 heterocycles. The van der Waals surface area contributed by atoms with E-state index in [0.29, 0.717) is 17.8 Å². The average Bonchev–Trinajstić information content (AvgIpc) is 3.45. The molecule has 1 saturated carbocycles. The van der Waals surface area contributed by atoms with E-state index in [4.69, 9.17) is 10.00 Å². The van der Waals surface area contributed by atoms with Crippen LogP contribution in [0.4, 0.5) is 4.79 Å². The molecule has 2 bridgehead atoms. The molecule has 0 unspecified atom stereocenters. The number of ether oxygens (including phenoxy) is 1. The molecule has 180 valence electrons.